The van der Waals surface area contributed by atoms with E-state index in [1.807, 2.05) is 31.2 Å². The lowest BCUT2D eigenvalue weighted by atomic mass is 9.46. The molecule has 1 heterocycles. The Morgan fingerprint density at radius 2 is 1.50 bits per heavy atom. The first-order chi connectivity index (χ1) is 12.5. The number of methoxy groups -OCH3 is 1. The van der Waals surface area contributed by atoms with Gasteiger partial charge in [0, 0.05) is 20.1 Å². The molecule has 2 amide bonds. The Morgan fingerprint density at radius 1 is 0.962 bits per heavy atom. The first kappa shape index (κ1) is 15.8. The number of benzene rings is 2. The smallest absolute Gasteiger partial charge is 0.234 e. The summed E-state index contributed by atoms with van der Waals surface area (Å²) in [6, 6.07) is 16.5. The van der Waals surface area contributed by atoms with Crippen LogP contribution in [-0.4, -0.2) is 37.0 Å². The Morgan fingerprint density at radius 3 is 2.04 bits per heavy atom. The van der Waals surface area contributed by atoms with Gasteiger partial charge in [0.1, 0.15) is 0 Å². The van der Waals surface area contributed by atoms with Crippen molar-refractivity contribution in [3.05, 3.63) is 70.8 Å². The largest absolute Gasteiger partial charge is 0.380 e. The van der Waals surface area contributed by atoms with Crippen LogP contribution in [-0.2, 0) is 19.7 Å². The van der Waals surface area contributed by atoms with E-state index in [1.54, 1.807) is 14.2 Å². The number of hydrogen-bond donors (Lipinski definition) is 0. The van der Waals surface area contributed by atoms with Gasteiger partial charge in [-0.2, -0.15) is 0 Å². The van der Waals surface area contributed by atoms with Crippen molar-refractivity contribution in [3.63, 3.8) is 0 Å². The Hall–Kier alpha value is -2.46. The minimum atomic E-state index is -0.640. The summed E-state index contributed by atoms with van der Waals surface area (Å²) in [5, 5.41) is 0. The summed E-state index contributed by atoms with van der Waals surface area (Å²) in [6.45, 7) is 2.02. The lowest BCUT2D eigenvalue weighted by Gasteiger charge is -2.56. The van der Waals surface area contributed by atoms with Crippen LogP contribution in [0.1, 0.15) is 35.1 Å². The van der Waals surface area contributed by atoms with Crippen LogP contribution < -0.4 is 0 Å². The molecule has 26 heavy (non-hydrogen) atoms. The molecule has 3 atom stereocenters. The third-order valence-corrected chi connectivity index (χ3v) is 6.90. The number of amides is 2. The van der Waals surface area contributed by atoms with Gasteiger partial charge in [0.15, 0.2) is 0 Å². The van der Waals surface area contributed by atoms with E-state index in [0.29, 0.717) is 0 Å². The highest BCUT2D eigenvalue weighted by molar-refractivity contribution is 6.08. The van der Waals surface area contributed by atoms with Crippen molar-refractivity contribution in [2.24, 2.45) is 11.8 Å². The maximum absolute atomic E-state index is 13.2. The van der Waals surface area contributed by atoms with E-state index in [4.69, 9.17) is 4.74 Å². The topological polar surface area (TPSA) is 46.6 Å². The van der Waals surface area contributed by atoms with E-state index in [2.05, 4.69) is 24.3 Å². The molecule has 4 nitrogen and oxygen atoms in total. The monoisotopic (exact) mass is 347 g/mol. The van der Waals surface area contributed by atoms with Gasteiger partial charge in [-0.05, 0) is 29.2 Å². The maximum Gasteiger partial charge on any atom is 0.234 e. The Balaban J connectivity index is 1.95. The van der Waals surface area contributed by atoms with Crippen LogP contribution in [0.25, 0.3) is 0 Å². The van der Waals surface area contributed by atoms with Crippen LogP contribution in [0.3, 0.4) is 0 Å². The molecule has 132 valence electrons. The van der Waals surface area contributed by atoms with E-state index in [-0.39, 0.29) is 29.8 Å². The van der Waals surface area contributed by atoms with Gasteiger partial charge >= 0.3 is 0 Å². The summed E-state index contributed by atoms with van der Waals surface area (Å²) in [6.07, 6.45) is -0.234. The van der Waals surface area contributed by atoms with Crippen molar-refractivity contribution in [1.82, 2.24) is 4.90 Å². The van der Waals surface area contributed by atoms with Crippen LogP contribution in [0.4, 0.5) is 0 Å². The average Bonchev–Trinajstić information content (AvgIpc) is 2.92. The van der Waals surface area contributed by atoms with Crippen LogP contribution in [0.15, 0.2) is 48.5 Å². The Bertz CT molecular complexity index is 902. The maximum atomic E-state index is 13.2. The molecular formula is C22H21NO3. The molecule has 0 saturated carbocycles. The fourth-order valence-corrected chi connectivity index (χ4v) is 5.85. The van der Waals surface area contributed by atoms with E-state index < -0.39 is 11.3 Å². The van der Waals surface area contributed by atoms with Gasteiger partial charge in [0.25, 0.3) is 0 Å². The Labute approximate surface area is 152 Å². The van der Waals surface area contributed by atoms with Crippen LogP contribution in [0.5, 0.6) is 0 Å². The predicted octanol–water partition coefficient (Wildman–Crippen LogP) is 2.70. The molecule has 0 radical (unpaired) electrons. The van der Waals surface area contributed by atoms with E-state index >= 15 is 0 Å². The normalized spacial score (nSPS) is 32.3. The van der Waals surface area contributed by atoms with Crippen molar-refractivity contribution in [1.29, 1.82) is 0 Å². The highest BCUT2D eigenvalue weighted by atomic mass is 16.5. The number of carbonyl (C=O) groups excluding carboxylic acids is 2. The van der Waals surface area contributed by atoms with Crippen molar-refractivity contribution >= 4 is 11.8 Å². The fraction of sp³-hybridized carbons (Fsp3) is 0.364. The predicted molar refractivity (Wildman–Crippen MR) is 96.7 cm³/mol. The van der Waals surface area contributed by atoms with Crippen molar-refractivity contribution in [2.75, 3.05) is 14.2 Å². The minimum Gasteiger partial charge on any atom is -0.380 e. The molecule has 2 aromatic carbocycles. The third kappa shape index (κ3) is 1.51. The number of imide groups is 1. The van der Waals surface area contributed by atoms with Crippen LogP contribution in [0, 0.1) is 11.8 Å². The van der Waals surface area contributed by atoms with Gasteiger partial charge in [0.05, 0.1) is 23.4 Å². The Kier molecular flexibility index (Phi) is 3.06. The number of ether oxygens (including phenoxy) is 1. The molecule has 1 fully saturated rings. The summed E-state index contributed by atoms with van der Waals surface area (Å²) in [4.78, 5) is 27.6. The van der Waals surface area contributed by atoms with E-state index in [0.717, 1.165) is 22.3 Å². The molecule has 1 aliphatic heterocycles. The zero-order valence-electron chi connectivity index (χ0n) is 15.1. The summed E-state index contributed by atoms with van der Waals surface area (Å²) in [5.74, 6) is -0.987. The fourth-order valence-electron chi connectivity index (χ4n) is 5.85. The van der Waals surface area contributed by atoms with Gasteiger partial charge in [-0.25, -0.2) is 0 Å². The first-order valence-corrected chi connectivity index (χ1v) is 9.08. The quantitative estimate of drug-likeness (QED) is 0.785. The lowest BCUT2D eigenvalue weighted by Crippen LogP contribution is -2.59. The SMILES string of the molecule is COC(C)C12c3ccccc3C(c3ccccc31)[C@H]1C(=O)N(C)C(=O)[C@H]12. The molecule has 0 aromatic heterocycles. The standard InChI is InChI=1S/C22H21NO3/c1-12(26-3)22-15-10-6-4-8-13(15)17(14-9-5-7-11-16(14)22)18-19(22)21(25)23(2)20(18)24/h4-12,17-19H,1-3H3/t12?,17?,18-,19+,22?/m1/s1. The average molecular weight is 347 g/mol. The third-order valence-electron chi connectivity index (χ3n) is 6.90. The minimum absolute atomic E-state index is 0.0679. The molecule has 1 saturated heterocycles. The zero-order valence-corrected chi connectivity index (χ0v) is 15.1. The molecule has 2 aromatic rings. The first-order valence-electron chi connectivity index (χ1n) is 9.08. The molecule has 0 spiro atoms. The molecule has 0 N–H and O–H groups in total. The van der Waals surface area contributed by atoms with Gasteiger partial charge in [-0.3, -0.25) is 14.5 Å². The second-order valence-electron chi connectivity index (χ2n) is 7.64. The van der Waals surface area contributed by atoms with Crippen LogP contribution >= 0.6 is 0 Å². The molecule has 3 aliphatic carbocycles. The van der Waals surface area contributed by atoms with Gasteiger partial charge in [0.2, 0.25) is 11.8 Å². The molecule has 4 aliphatic rings. The van der Waals surface area contributed by atoms with E-state index in [9.17, 15) is 9.59 Å². The number of likely N-dealkylation sites (tertiary alicyclic amines) is 1. The summed E-state index contributed by atoms with van der Waals surface area (Å²) < 4.78 is 5.87. The number of carbonyl (C=O) groups is 2. The van der Waals surface area contributed by atoms with Gasteiger partial charge in [-0.15, -0.1) is 0 Å². The highest BCUT2D eigenvalue weighted by Crippen LogP contribution is 2.65. The van der Waals surface area contributed by atoms with E-state index in [1.165, 1.54) is 4.90 Å². The number of nitrogens with zero attached hydrogens (tertiary/aromatic N) is 1. The van der Waals surface area contributed by atoms with Crippen LogP contribution in [0.2, 0.25) is 0 Å². The van der Waals surface area contributed by atoms with Crippen molar-refractivity contribution < 1.29 is 14.3 Å². The molecule has 6 rings (SSSR count). The van der Waals surface area contributed by atoms with Crippen molar-refractivity contribution in [2.45, 2.75) is 24.4 Å². The van der Waals surface area contributed by atoms with Crippen molar-refractivity contribution in [3.8, 4) is 0 Å². The second-order valence-corrected chi connectivity index (χ2v) is 7.64. The number of rotatable bonds is 2. The summed E-state index contributed by atoms with van der Waals surface area (Å²) >= 11 is 0. The zero-order chi connectivity index (χ0) is 18.2. The lowest BCUT2D eigenvalue weighted by molar-refractivity contribution is -0.139. The molecule has 4 heteroatoms. The number of hydrogen-bond acceptors (Lipinski definition) is 3. The molecule has 2 bridgehead atoms. The summed E-state index contributed by atoms with van der Waals surface area (Å²) in [5.41, 5.74) is 3.95. The highest BCUT2D eigenvalue weighted by Gasteiger charge is 2.69. The van der Waals surface area contributed by atoms with Gasteiger partial charge < -0.3 is 4.74 Å². The summed E-state index contributed by atoms with van der Waals surface area (Å²) in [7, 11) is 3.30. The second kappa shape index (κ2) is 5.04. The molecular weight excluding hydrogens is 326 g/mol. The van der Waals surface area contributed by atoms with Gasteiger partial charge in [-0.1, -0.05) is 48.5 Å². The molecule has 1 unspecified atom stereocenters.